The van der Waals surface area contributed by atoms with Crippen molar-refractivity contribution in [3.8, 4) is 11.8 Å². The van der Waals surface area contributed by atoms with Gasteiger partial charge in [0.1, 0.15) is 0 Å². The Bertz CT molecular complexity index is 284. The molecule has 0 saturated carbocycles. The van der Waals surface area contributed by atoms with E-state index in [0.29, 0.717) is 0 Å². The lowest BCUT2D eigenvalue weighted by Gasteiger charge is -1.82. The molecule has 1 aromatic rings. The average Bonchev–Trinajstić information content (AvgIpc) is 2.17. The lowest BCUT2D eigenvalue weighted by molar-refractivity contribution is 1.48. The molecule has 0 amide bonds. The van der Waals surface area contributed by atoms with E-state index < -0.39 is 0 Å². The molecule has 0 fully saturated rings. The normalized spacial score (nSPS) is 6.85. The molecule has 0 unspecified atom stereocenters. The topological polar surface area (TPSA) is 0 Å². The summed E-state index contributed by atoms with van der Waals surface area (Å²) in [7, 11) is 0. The maximum atomic E-state index is 3.38. The molecule has 0 nitrogen and oxygen atoms in total. The van der Waals surface area contributed by atoms with E-state index in [1.165, 1.54) is 17.7 Å². The first-order chi connectivity index (χ1) is 6.31. The molecule has 0 radical (unpaired) electrons. The van der Waals surface area contributed by atoms with Crippen LogP contribution in [0, 0.1) is 18.8 Å². The quantitative estimate of drug-likeness (QED) is 0.524. The van der Waals surface area contributed by atoms with Gasteiger partial charge in [-0.15, -0.1) is 0 Å². The third kappa shape index (κ3) is 8.16. The predicted octanol–water partition coefficient (Wildman–Crippen LogP) is 3.36. The molecule has 1 rings (SSSR count). The van der Waals surface area contributed by atoms with Crippen LogP contribution in [0.15, 0.2) is 55.6 Å². The van der Waals surface area contributed by atoms with Crippen molar-refractivity contribution in [1.29, 1.82) is 0 Å². The third-order valence-corrected chi connectivity index (χ3v) is 1.23. The summed E-state index contributed by atoms with van der Waals surface area (Å²) in [6.45, 7) is 8.84. The van der Waals surface area contributed by atoms with Crippen LogP contribution in [0.4, 0.5) is 0 Å². The van der Waals surface area contributed by atoms with Crippen LogP contribution in [0.1, 0.15) is 5.56 Å². The van der Waals surface area contributed by atoms with Crippen LogP contribution >= 0.6 is 0 Å². The molecule has 13 heavy (non-hydrogen) atoms. The van der Waals surface area contributed by atoms with E-state index in [0.717, 1.165) is 0 Å². The van der Waals surface area contributed by atoms with Gasteiger partial charge in [-0.2, -0.15) is 0 Å². The van der Waals surface area contributed by atoms with E-state index in [-0.39, 0.29) is 0 Å². The largest absolute Gasteiger partial charge is 0.0906 e. The number of allylic oxidation sites excluding steroid dienone is 2. The lowest BCUT2D eigenvalue weighted by atomic mass is 10.2. The Balaban J connectivity index is 0.000000226. The summed E-state index contributed by atoms with van der Waals surface area (Å²) in [6.07, 6.45) is 3.06. The van der Waals surface area contributed by atoms with Crippen LogP contribution in [0.25, 0.3) is 0 Å². The van der Waals surface area contributed by atoms with E-state index in [2.05, 4.69) is 44.1 Å². The number of aryl methyl sites for hydroxylation is 1. The van der Waals surface area contributed by atoms with Crippen molar-refractivity contribution < 1.29 is 0 Å². The van der Waals surface area contributed by atoms with Crippen LogP contribution in [-0.2, 0) is 0 Å². The van der Waals surface area contributed by atoms with Crippen molar-refractivity contribution in [2.75, 3.05) is 0 Å². The summed E-state index contributed by atoms with van der Waals surface area (Å²) in [4.78, 5) is 0. The van der Waals surface area contributed by atoms with E-state index in [1.807, 2.05) is 18.2 Å². The monoisotopic (exact) mass is 170 g/mol. The Labute approximate surface area is 80.6 Å². The van der Waals surface area contributed by atoms with Crippen molar-refractivity contribution in [3.05, 3.63) is 61.2 Å². The Morgan fingerprint density at radius 1 is 1.00 bits per heavy atom. The number of hydrogen-bond acceptors (Lipinski definition) is 0. The van der Waals surface area contributed by atoms with Crippen molar-refractivity contribution in [1.82, 2.24) is 0 Å². The van der Waals surface area contributed by atoms with Gasteiger partial charge in [-0.05, 0) is 19.1 Å². The second kappa shape index (κ2) is 8.36. The molecule has 0 bridgehead atoms. The SMILES string of the molecule is C=CC#CC=C.Cc1ccccc1. The number of hydrogen-bond donors (Lipinski definition) is 0. The molecule has 0 atom stereocenters. The molecule has 0 aliphatic heterocycles. The molecule has 0 aliphatic carbocycles. The lowest BCUT2D eigenvalue weighted by Crippen LogP contribution is -1.62. The van der Waals surface area contributed by atoms with Gasteiger partial charge < -0.3 is 0 Å². The second-order valence-electron chi connectivity index (χ2n) is 2.35. The van der Waals surface area contributed by atoms with Crippen LogP contribution in [0.2, 0.25) is 0 Å². The fourth-order valence-electron chi connectivity index (χ4n) is 0.652. The van der Waals surface area contributed by atoms with Crippen molar-refractivity contribution in [3.63, 3.8) is 0 Å². The minimum Gasteiger partial charge on any atom is -0.0906 e. The maximum Gasteiger partial charge on any atom is -0.0187 e. The summed E-state index contributed by atoms with van der Waals surface area (Å²) >= 11 is 0. The third-order valence-electron chi connectivity index (χ3n) is 1.23. The van der Waals surface area contributed by atoms with Crippen molar-refractivity contribution >= 4 is 0 Å². The highest BCUT2D eigenvalue weighted by atomic mass is 13.8. The van der Waals surface area contributed by atoms with E-state index in [9.17, 15) is 0 Å². The first-order valence-corrected chi connectivity index (χ1v) is 4.05. The zero-order chi connectivity index (χ0) is 9.94. The van der Waals surface area contributed by atoms with Gasteiger partial charge in [0.15, 0.2) is 0 Å². The number of rotatable bonds is 0. The van der Waals surface area contributed by atoms with Gasteiger partial charge in [-0.1, -0.05) is 60.9 Å². The minimum absolute atomic E-state index is 1.32. The van der Waals surface area contributed by atoms with Gasteiger partial charge in [0.25, 0.3) is 0 Å². The summed E-state index contributed by atoms with van der Waals surface area (Å²) in [5.41, 5.74) is 1.32. The van der Waals surface area contributed by atoms with Gasteiger partial charge in [0.05, 0.1) is 0 Å². The van der Waals surface area contributed by atoms with Crippen molar-refractivity contribution in [2.45, 2.75) is 6.92 Å². The molecular weight excluding hydrogens is 156 g/mol. The molecule has 0 N–H and O–H groups in total. The van der Waals surface area contributed by atoms with Gasteiger partial charge >= 0.3 is 0 Å². The van der Waals surface area contributed by atoms with Gasteiger partial charge in [-0.25, -0.2) is 0 Å². The summed E-state index contributed by atoms with van der Waals surface area (Å²) in [6, 6.07) is 10.3. The molecule has 0 heterocycles. The average molecular weight is 170 g/mol. The fourth-order valence-corrected chi connectivity index (χ4v) is 0.652. The van der Waals surface area contributed by atoms with E-state index in [4.69, 9.17) is 0 Å². The molecule has 0 spiro atoms. The molecule has 0 aliphatic rings. The molecule has 0 heteroatoms. The first kappa shape index (κ1) is 11.3. The predicted molar refractivity (Wildman–Crippen MR) is 59.3 cm³/mol. The molecule has 0 aromatic heterocycles. The molecule has 0 saturated heterocycles. The van der Waals surface area contributed by atoms with Crippen LogP contribution in [-0.4, -0.2) is 0 Å². The Morgan fingerprint density at radius 3 is 1.69 bits per heavy atom. The van der Waals surface area contributed by atoms with Gasteiger partial charge in [0, 0.05) is 0 Å². The van der Waals surface area contributed by atoms with Gasteiger partial charge in [-0.3, -0.25) is 0 Å². The Kier molecular flexibility index (Phi) is 7.24. The van der Waals surface area contributed by atoms with E-state index in [1.54, 1.807) is 0 Å². The van der Waals surface area contributed by atoms with Crippen LogP contribution in [0.5, 0.6) is 0 Å². The van der Waals surface area contributed by atoms with Gasteiger partial charge in [0.2, 0.25) is 0 Å². The fraction of sp³-hybridized carbons (Fsp3) is 0.0769. The highest BCUT2D eigenvalue weighted by Crippen LogP contribution is 1.92. The molecular formula is C13H14. The summed E-state index contributed by atoms with van der Waals surface area (Å²) in [5.74, 6) is 5.19. The molecule has 1 aromatic carbocycles. The highest BCUT2D eigenvalue weighted by Gasteiger charge is 1.72. The first-order valence-electron chi connectivity index (χ1n) is 4.05. The van der Waals surface area contributed by atoms with Crippen LogP contribution in [0.3, 0.4) is 0 Å². The smallest absolute Gasteiger partial charge is 0.0187 e. The Hall–Kier alpha value is -1.74. The summed E-state index contributed by atoms with van der Waals surface area (Å²) in [5, 5.41) is 0. The zero-order valence-electron chi connectivity index (χ0n) is 7.96. The zero-order valence-corrected chi connectivity index (χ0v) is 7.96. The van der Waals surface area contributed by atoms with Crippen molar-refractivity contribution in [2.24, 2.45) is 0 Å². The maximum absolute atomic E-state index is 3.38. The highest BCUT2D eigenvalue weighted by molar-refractivity contribution is 5.19. The van der Waals surface area contributed by atoms with E-state index >= 15 is 0 Å². The standard InChI is InChI=1S/C7H8.C6H6/c1-7-5-3-2-4-6-7;1-3-5-6-4-2/h2-6H,1H3;3-4H,1-2H2. The summed E-state index contributed by atoms with van der Waals surface area (Å²) < 4.78 is 0. The second-order valence-corrected chi connectivity index (χ2v) is 2.35. The minimum atomic E-state index is 1.32. The molecule has 66 valence electrons. The Morgan fingerprint density at radius 2 is 1.46 bits per heavy atom. The van der Waals surface area contributed by atoms with Crippen LogP contribution < -0.4 is 0 Å². The number of benzene rings is 1.